The number of benzene rings is 3. The first kappa shape index (κ1) is 27.3. The van der Waals surface area contributed by atoms with Crippen molar-refractivity contribution in [1.82, 2.24) is 10.2 Å². The highest BCUT2D eigenvalue weighted by atomic mass is 32.2. The number of methoxy groups -OCH3 is 1. The fraction of sp³-hybridized carbons (Fsp3) is 0.333. The molecule has 3 aromatic carbocycles. The van der Waals surface area contributed by atoms with Crippen LogP contribution in [0.15, 0.2) is 78.9 Å². The van der Waals surface area contributed by atoms with Gasteiger partial charge in [0.25, 0.3) is 0 Å². The number of carbonyl (C=O) groups excluding carboxylic acids is 2. The van der Waals surface area contributed by atoms with E-state index in [1.165, 1.54) is 11.1 Å². The van der Waals surface area contributed by atoms with Gasteiger partial charge < -0.3 is 15.0 Å². The minimum atomic E-state index is -0.631. The van der Waals surface area contributed by atoms with E-state index < -0.39 is 6.04 Å². The maximum absolute atomic E-state index is 13.7. The summed E-state index contributed by atoms with van der Waals surface area (Å²) in [7, 11) is 1.62. The van der Waals surface area contributed by atoms with Gasteiger partial charge in [0.05, 0.1) is 12.9 Å². The molecule has 2 amide bonds. The first-order valence-corrected chi connectivity index (χ1v) is 13.4. The Morgan fingerprint density at radius 1 is 0.917 bits per heavy atom. The molecule has 0 fully saturated rings. The molecule has 0 saturated heterocycles. The van der Waals surface area contributed by atoms with Gasteiger partial charge in [0, 0.05) is 24.8 Å². The molecule has 0 aliphatic rings. The van der Waals surface area contributed by atoms with E-state index in [-0.39, 0.29) is 23.6 Å². The van der Waals surface area contributed by atoms with E-state index in [1.807, 2.05) is 74.5 Å². The number of nitrogens with zero attached hydrogens (tertiary/aromatic N) is 1. The number of amides is 2. The Hall–Kier alpha value is -3.25. The number of hydrogen-bond donors (Lipinski definition) is 1. The van der Waals surface area contributed by atoms with Gasteiger partial charge in [0.2, 0.25) is 11.8 Å². The number of rotatable bonds is 12. The lowest BCUT2D eigenvalue weighted by atomic mass is 10.0. The van der Waals surface area contributed by atoms with Gasteiger partial charge in [-0.1, -0.05) is 72.3 Å². The summed E-state index contributed by atoms with van der Waals surface area (Å²) in [6, 6.07) is 25.2. The SMILES string of the molecule is COc1cccc(CN(C(=O)CSCc2cccc(C)c2)[C@H](Cc2ccccc2)C(=O)NC(C)C)c1. The van der Waals surface area contributed by atoms with Crippen molar-refractivity contribution < 1.29 is 14.3 Å². The van der Waals surface area contributed by atoms with Crippen LogP contribution in [-0.4, -0.2) is 41.7 Å². The van der Waals surface area contributed by atoms with Crippen molar-refractivity contribution in [3.05, 3.63) is 101 Å². The number of aryl methyl sites for hydroxylation is 1. The molecule has 0 aliphatic carbocycles. The summed E-state index contributed by atoms with van der Waals surface area (Å²) in [5.41, 5.74) is 4.32. The first-order chi connectivity index (χ1) is 17.4. The van der Waals surface area contributed by atoms with E-state index in [0.29, 0.717) is 13.0 Å². The van der Waals surface area contributed by atoms with Crippen LogP contribution in [-0.2, 0) is 28.3 Å². The van der Waals surface area contributed by atoms with Gasteiger partial charge in [-0.25, -0.2) is 0 Å². The van der Waals surface area contributed by atoms with E-state index in [1.54, 1.807) is 23.8 Å². The Kier molecular flexibility index (Phi) is 10.4. The summed E-state index contributed by atoms with van der Waals surface area (Å²) in [6.45, 7) is 6.26. The van der Waals surface area contributed by atoms with E-state index in [0.717, 1.165) is 22.6 Å². The van der Waals surface area contributed by atoms with Crippen LogP contribution in [0.2, 0.25) is 0 Å². The molecule has 0 heterocycles. The van der Waals surface area contributed by atoms with Crippen LogP contribution >= 0.6 is 11.8 Å². The quantitative estimate of drug-likeness (QED) is 0.359. The molecule has 5 nitrogen and oxygen atoms in total. The highest BCUT2D eigenvalue weighted by molar-refractivity contribution is 7.99. The molecular formula is C30H36N2O3S. The normalized spacial score (nSPS) is 11.7. The molecule has 0 radical (unpaired) electrons. The van der Waals surface area contributed by atoms with Crippen LogP contribution < -0.4 is 10.1 Å². The summed E-state index contributed by atoms with van der Waals surface area (Å²) in [5, 5.41) is 3.03. The van der Waals surface area contributed by atoms with Gasteiger partial charge >= 0.3 is 0 Å². The van der Waals surface area contributed by atoms with Gasteiger partial charge in [-0.05, 0) is 49.6 Å². The summed E-state index contributed by atoms with van der Waals surface area (Å²) >= 11 is 1.57. The van der Waals surface area contributed by atoms with Crippen molar-refractivity contribution in [2.24, 2.45) is 0 Å². The molecule has 1 N–H and O–H groups in total. The molecule has 0 saturated carbocycles. The Morgan fingerprint density at radius 3 is 2.31 bits per heavy atom. The number of ether oxygens (including phenoxy) is 1. The topological polar surface area (TPSA) is 58.6 Å². The number of carbonyl (C=O) groups is 2. The Balaban J connectivity index is 1.86. The second-order valence-electron chi connectivity index (χ2n) is 9.22. The Morgan fingerprint density at radius 2 is 1.61 bits per heavy atom. The van der Waals surface area contributed by atoms with Crippen LogP contribution in [0, 0.1) is 6.92 Å². The zero-order chi connectivity index (χ0) is 25.9. The minimum absolute atomic E-state index is 0.0276. The monoisotopic (exact) mass is 504 g/mol. The molecule has 0 aliphatic heterocycles. The van der Waals surface area contributed by atoms with E-state index in [2.05, 4.69) is 30.4 Å². The molecule has 190 valence electrons. The fourth-order valence-corrected chi connectivity index (χ4v) is 4.90. The van der Waals surface area contributed by atoms with E-state index in [4.69, 9.17) is 4.74 Å². The van der Waals surface area contributed by atoms with Crippen molar-refractivity contribution >= 4 is 23.6 Å². The molecule has 0 unspecified atom stereocenters. The highest BCUT2D eigenvalue weighted by Gasteiger charge is 2.30. The number of hydrogen-bond acceptors (Lipinski definition) is 4. The summed E-state index contributed by atoms with van der Waals surface area (Å²) in [6.07, 6.45) is 0.442. The molecule has 1 atom stereocenters. The largest absolute Gasteiger partial charge is 0.497 e. The molecule has 3 rings (SSSR count). The van der Waals surface area contributed by atoms with Crippen molar-refractivity contribution in [1.29, 1.82) is 0 Å². The average molecular weight is 505 g/mol. The second-order valence-corrected chi connectivity index (χ2v) is 10.2. The third kappa shape index (κ3) is 8.45. The second kappa shape index (κ2) is 13.7. The first-order valence-electron chi connectivity index (χ1n) is 12.3. The maximum Gasteiger partial charge on any atom is 0.243 e. The van der Waals surface area contributed by atoms with Crippen LogP contribution in [0.3, 0.4) is 0 Å². The number of thioether (sulfide) groups is 1. The minimum Gasteiger partial charge on any atom is -0.497 e. The average Bonchev–Trinajstić information content (AvgIpc) is 2.86. The maximum atomic E-state index is 13.7. The summed E-state index contributed by atoms with van der Waals surface area (Å²) in [4.78, 5) is 28.8. The lowest BCUT2D eigenvalue weighted by molar-refractivity contribution is -0.139. The lowest BCUT2D eigenvalue weighted by Gasteiger charge is -2.32. The van der Waals surface area contributed by atoms with Gasteiger partial charge in [0.15, 0.2) is 0 Å². The fourth-order valence-electron chi connectivity index (χ4n) is 4.04. The standard InChI is InChI=1S/C30H36N2O3S/c1-22(2)31-30(34)28(18-24-11-6-5-7-12-24)32(19-25-13-9-15-27(17-25)35-4)29(33)21-36-20-26-14-8-10-23(3)16-26/h5-17,22,28H,18-21H2,1-4H3,(H,31,34)/t28-/m1/s1. The molecule has 0 spiro atoms. The predicted molar refractivity (Wildman–Crippen MR) is 148 cm³/mol. The molecule has 0 bridgehead atoms. The van der Waals surface area contributed by atoms with E-state index in [9.17, 15) is 9.59 Å². The smallest absolute Gasteiger partial charge is 0.243 e. The van der Waals surface area contributed by atoms with Crippen LogP contribution in [0.4, 0.5) is 0 Å². The Bertz CT molecular complexity index is 1130. The molecule has 3 aromatic rings. The van der Waals surface area contributed by atoms with Crippen LogP contribution in [0.5, 0.6) is 5.75 Å². The van der Waals surface area contributed by atoms with Gasteiger partial charge in [-0.3, -0.25) is 9.59 Å². The predicted octanol–water partition coefficient (Wildman–Crippen LogP) is 5.40. The highest BCUT2D eigenvalue weighted by Crippen LogP contribution is 2.21. The van der Waals surface area contributed by atoms with Gasteiger partial charge in [0.1, 0.15) is 11.8 Å². The van der Waals surface area contributed by atoms with Gasteiger partial charge in [-0.2, -0.15) is 0 Å². The van der Waals surface area contributed by atoms with E-state index >= 15 is 0 Å². The number of nitrogens with one attached hydrogen (secondary N) is 1. The zero-order valence-corrected chi connectivity index (χ0v) is 22.4. The summed E-state index contributed by atoms with van der Waals surface area (Å²) < 4.78 is 5.39. The van der Waals surface area contributed by atoms with Crippen molar-refractivity contribution in [3.8, 4) is 5.75 Å². The zero-order valence-electron chi connectivity index (χ0n) is 21.6. The van der Waals surface area contributed by atoms with Gasteiger partial charge in [-0.15, -0.1) is 11.8 Å². The molecule has 6 heteroatoms. The lowest BCUT2D eigenvalue weighted by Crippen LogP contribution is -2.52. The Labute approximate surface area is 219 Å². The molecular weight excluding hydrogens is 468 g/mol. The molecule has 0 aromatic heterocycles. The van der Waals surface area contributed by atoms with Crippen molar-refractivity contribution in [3.63, 3.8) is 0 Å². The third-order valence-electron chi connectivity index (χ3n) is 5.77. The van der Waals surface area contributed by atoms with Crippen LogP contribution in [0.25, 0.3) is 0 Å². The van der Waals surface area contributed by atoms with Crippen molar-refractivity contribution in [2.75, 3.05) is 12.9 Å². The van der Waals surface area contributed by atoms with Crippen molar-refractivity contribution in [2.45, 2.75) is 51.6 Å². The van der Waals surface area contributed by atoms with Crippen LogP contribution in [0.1, 0.15) is 36.1 Å². The third-order valence-corrected chi connectivity index (χ3v) is 6.75. The summed E-state index contributed by atoms with van der Waals surface area (Å²) in [5.74, 6) is 1.55. The molecule has 36 heavy (non-hydrogen) atoms.